The fourth-order valence-corrected chi connectivity index (χ4v) is 19.2. The Balaban J connectivity index is 0.000000153. The highest BCUT2D eigenvalue weighted by molar-refractivity contribution is 9.10. The summed E-state index contributed by atoms with van der Waals surface area (Å²) >= 11 is 3.52. The van der Waals surface area contributed by atoms with E-state index in [-0.39, 0.29) is 43.9 Å². The van der Waals surface area contributed by atoms with Crippen molar-refractivity contribution in [1.82, 2.24) is 38.1 Å². The van der Waals surface area contributed by atoms with Crippen molar-refractivity contribution in [3.05, 3.63) is 217 Å². The quantitative estimate of drug-likeness (QED) is 0.0471. The zero-order valence-corrected chi connectivity index (χ0v) is 76.2. The fraction of sp³-hybridized carbons (Fsp3) is 0.386. The molecule has 0 spiro atoms. The molecule has 0 amide bonds. The highest BCUT2D eigenvalue weighted by Gasteiger charge is 2.35. The SMILES string of the molecule is CC1=C(c2ccc(S(C)(=O)=O)cc2)C(=O)n2nc(-c3ccccc3)c(N3CCCCC3)c2C1.CS(=O)(=O)c1ccc(B(O)O)cc1.Cc1c(-c2ccc(S(C)(=O)=O)cc2)c(=O)n2nc(-c3ccccc3)c(N3CCCCC3)c2n1COCC[Si](C)(C)C.Cc1c(Br)c(=O)n2nc(-c3ccccc3)c(N3CCCCC3)c2n1COCC[Si](C)(C)C. The van der Waals surface area contributed by atoms with E-state index < -0.39 is 52.8 Å². The summed E-state index contributed by atoms with van der Waals surface area (Å²) in [5, 5.41) is 32.1. The van der Waals surface area contributed by atoms with Crippen molar-refractivity contribution in [3.63, 3.8) is 0 Å². The van der Waals surface area contributed by atoms with Gasteiger partial charge < -0.3 is 43.4 Å². The molecule has 6 aromatic carbocycles. The number of carbonyl (C=O) groups is 1. The van der Waals surface area contributed by atoms with E-state index in [4.69, 9.17) is 34.8 Å². The minimum atomic E-state index is -3.36. The van der Waals surface area contributed by atoms with Crippen LogP contribution < -0.4 is 31.3 Å². The molecule has 630 valence electrons. The molecule has 9 heterocycles. The van der Waals surface area contributed by atoms with Crippen LogP contribution in [0.1, 0.15) is 92.2 Å². The Morgan fingerprint density at radius 3 is 1.17 bits per heavy atom. The highest BCUT2D eigenvalue weighted by Crippen LogP contribution is 2.43. The van der Waals surface area contributed by atoms with Crippen LogP contribution in [-0.4, -0.2) is 174 Å². The first-order chi connectivity index (χ1) is 56.5. The molecule has 31 heteroatoms. The molecule has 0 atom stereocenters. The minimum absolute atomic E-state index is 0.128. The molecule has 3 saturated heterocycles. The number of hydrogen-bond donors (Lipinski definition) is 2. The van der Waals surface area contributed by atoms with Crippen LogP contribution in [0.5, 0.6) is 0 Å². The van der Waals surface area contributed by atoms with E-state index in [1.165, 1.54) is 60.6 Å². The lowest BCUT2D eigenvalue weighted by Crippen LogP contribution is -2.31. The summed E-state index contributed by atoms with van der Waals surface area (Å²) in [6.07, 6.45) is 14.5. The standard InChI is InChI=1S/C31H40N4O4SSi.C26H27N3O3S.C24H33BrN4O2Si.C7H9BO4S/c1-23-27(24-14-16-26(17-15-24)40(2,37)38)31(36)35-30(34(23)22-39-20-21-41(3,4)5)29(33-18-10-7-11-19-33)28(32-35)25-12-8-6-9-13-25;1-18-17-22-25(28-15-7-4-8-16-28)24(20-9-5-3-6-10-20)27-29(22)26(30)23(18)19-11-13-21(14-12-19)33(2,31)32;1-18-20(25)24(30)29-23(28(18)17-31-15-16-32(2,3)4)22(27-13-9-6-10-14-27)21(26-29)19-11-7-5-8-12-19;1-13(11,12)7-4-2-6(3-5-7)8(9)10/h6,8-9,12-17H,7,10-11,18-22H2,1-5H3;3,5-6,9-14H,4,7-8,15-17H2,1-2H3;5,7-8,11-12H,6,9-10,13-17H2,1-4H3;2-5,9-10H,1H3. The molecule has 11 aromatic rings. The van der Waals surface area contributed by atoms with E-state index in [1.807, 2.05) is 99.6 Å². The summed E-state index contributed by atoms with van der Waals surface area (Å²) in [6.45, 7) is 27.7. The molecular formula is C88H109BBrN11O13S3Si2. The number of rotatable bonds is 22. The van der Waals surface area contributed by atoms with Gasteiger partial charge in [0.2, 0.25) is 0 Å². The Hall–Kier alpha value is -9.15. The lowest BCUT2D eigenvalue weighted by Gasteiger charge is -2.30. The maximum absolute atomic E-state index is 14.2. The smallest absolute Gasteiger partial charge is 0.423 e. The van der Waals surface area contributed by atoms with Crippen LogP contribution in [0.15, 0.2) is 198 Å². The minimum Gasteiger partial charge on any atom is -0.423 e. The average Bonchev–Trinajstić information content (AvgIpc) is 1.57. The van der Waals surface area contributed by atoms with Gasteiger partial charge in [0.1, 0.15) is 46.4 Å². The van der Waals surface area contributed by atoms with E-state index in [0.29, 0.717) is 46.5 Å². The second kappa shape index (κ2) is 37.9. The number of carbonyl (C=O) groups excluding carboxylic acids is 1. The van der Waals surface area contributed by atoms with Crippen molar-refractivity contribution >= 4 is 114 Å². The molecule has 0 unspecified atom stereocenters. The van der Waals surface area contributed by atoms with Crippen molar-refractivity contribution in [2.24, 2.45) is 0 Å². The summed E-state index contributed by atoms with van der Waals surface area (Å²) in [5.74, 6) is -0.165. The summed E-state index contributed by atoms with van der Waals surface area (Å²) in [4.78, 5) is 48.9. The normalized spacial score (nSPS) is 14.9. The monoisotopic (exact) mass is 1770 g/mol. The molecule has 3 fully saturated rings. The summed E-state index contributed by atoms with van der Waals surface area (Å²) < 4.78 is 91.7. The van der Waals surface area contributed by atoms with Crippen molar-refractivity contribution in [1.29, 1.82) is 0 Å². The largest absolute Gasteiger partial charge is 0.488 e. The molecule has 24 nitrogen and oxygen atoms in total. The van der Waals surface area contributed by atoms with Crippen LogP contribution in [0, 0.1) is 13.8 Å². The maximum atomic E-state index is 14.2. The first-order valence-electron chi connectivity index (χ1n) is 40.7. The number of aromatic nitrogens is 8. The molecule has 4 aliphatic rings. The van der Waals surface area contributed by atoms with Crippen LogP contribution in [0.25, 0.3) is 61.8 Å². The first kappa shape index (κ1) is 89.1. The lowest BCUT2D eigenvalue weighted by molar-refractivity contribution is 0.0874. The van der Waals surface area contributed by atoms with Gasteiger partial charge >= 0.3 is 7.12 Å². The van der Waals surface area contributed by atoms with Gasteiger partial charge in [0, 0.05) is 127 Å². The van der Waals surface area contributed by atoms with Crippen molar-refractivity contribution in [3.8, 4) is 44.9 Å². The molecule has 119 heavy (non-hydrogen) atoms. The van der Waals surface area contributed by atoms with Gasteiger partial charge in [-0.15, -0.1) is 0 Å². The number of nitrogens with zero attached hydrogens (tertiary/aromatic N) is 11. The molecule has 2 N–H and O–H groups in total. The summed E-state index contributed by atoms with van der Waals surface area (Å²) in [6, 6.07) is 50.9. The Morgan fingerprint density at radius 1 is 0.437 bits per heavy atom. The van der Waals surface area contributed by atoms with E-state index in [1.54, 1.807) is 57.7 Å². The third kappa shape index (κ3) is 21.1. The highest BCUT2D eigenvalue weighted by atomic mass is 79.9. The van der Waals surface area contributed by atoms with Gasteiger partial charge in [-0.25, -0.2) is 25.3 Å². The van der Waals surface area contributed by atoms with Crippen LogP contribution >= 0.6 is 15.9 Å². The van der Waals surface area contributed by atoms with Gasteiger partial charge in [0.05, 0.1) is 31.6 Å². The molecule has 0 saturated carbocycles. The topological polar surface area (TPSA) is 285 Å². The molecule has 0 bridgehead atoms. The lowest BCUT2D eigenvalue weighted by atomic mass is 9.81. The molecule has 5 aromatic heterocycles. The van der Waals surface area contributed by atoms with E-state index in [9.17, 15) is 39.6 Å². The third-order valence-electron chi connectivity index (χ3n) is 22.0. The van der Waals surface area contributed by atoms with Gasteiger partial charge in [0.15, 0.2) is 40.8 Å². The second-order valence-electron chi connectivity index (χ2n) is 33.6. The van der Waals surface area contributed by atoms with E-state index in [0.717, 1.165) is 188 Å². The van der Waals surface area contributed by atoms with Crippen LogP contribution in [0.4, 0.5) is 17.1 Å². The number of halogens is 1. The van der Waals surface area contributed by atoms with Crippen LogP contribution in [-0.2, 0) is 58.9 Å². The number of hydrogen-bond acceptors (Lipinski definition) is 19. The molecular weight excluding hydrogens is 1660 g/mol. The predicted octanol–water partition coefficient (Wildman–Crippen LogP) is 14.8. The average molecular weight is 1770 g/mol. The van der Waals surface area contributed by atoms with Crippen LogP contribution in [0.3, 0.4) is 0 Å². The predicted molar refractivity (Wildman–Crippen MR) is 485 cm³/mol. The molecule has 15 rings (SSSR count). The van der Waals surface area contributed by atoms with Gasteiger partial charge in [-0.2, -0.15) is 29.0 Å². The van der Waals surface area contributed by atoms with Crippen molar-refractivity contribution in [2.75, 3.05) is 85.9 Å². The Morgan fingerprint density at radius 2 is 0.790 bits per heavy atom. The van der Waals surface area contributed by atoms with Gasteiger partial charge in [-0.1, -0.05) is 172 Å². The first-order valence-corrected chi connectivity index (χ1v) is 54.5. The van der Waals surface area contributed by atoms with Gasteiger partial charge in [-0.05, 0) is 160 Å². The number of ether oxygens (including phenoxy) is 2. The fourth-order valence-electron chi connectivity index (χ4n) is 15.4. The molecule has 4 aliphatic heterocycles. The zero-order chi connectivity index (χ0) is 85.5. The number of anilines is 3. The third-order valence-corrected chi connectivity index (χ3v) is 29.7. The van der Waals surface area contributed by atoms with Crippen LogP contribution in [0.2, 0.25) is 51.4 Å². The number of allylic oxidation sites excluding steroid dienone is 2. The Kier molecular flexibility index (Phi) is 28.4. The van der Waals surface area contributed by atoms with Crippen molar-refractivity contribution < 1.29 is 49.6 Å². The number of sulfone groups is 3. The van der Waals surface area contributed by atoms with Gasteiger partial charge in [-0.3, -0.25) is 14.4 Å². The Labute approximate surface area is 709 Å². The Bertz CT molecular complexity index is 5980. The summed E-state index contributed by atoms with van der Waals surface area (Å²) in [5.41, 5.74) is 16.0. The zero-order valence-electron chi connectivity index (χ0n) is 70.1. The number of piperidine rings is 3. The van der Waals surface area contributed by atoms with Gasteiger partial charge in [0.25, 0.3) is 17.0 Å². The number of benzene rings is 6. The van der Waals surface area contributed by atoms with E-state index in [2.05, 4.69) is 91.2 Å². The van der Waals surface area contributed by atoms with E-state index >= 15 is 0 Å². The molecule has 0 aliphatic carbocycles. The second-order valence-corrected chi connectivity index (χ2v) is 51.7. The van der Waals surface area contributed by atoms with Crippen molar-refractivity contribution in [2.45, 2.75) is 164 Å². The molecule has 0 radical (unpaired) electrons. The summed E-state index contributed by atoms with van der Waals surface area (Å²) in [7, 11) is -13.9. The maximum Gasteiger partial charge on any atom is 0.488 e. The number of fused-ring (bicyclic) bond motifs is 3.